The molecule has 0 atom stereocenters. The summed E-state index contributed by atoms with van der Waals surface area (Å²) in [6.45, 7) is 5.58. The molecule has 1 aliphatic rings. The van der Waals surface area contributed by atoms with E-state index in [1.807, 2.05) is 6.92 Å². The van der Waals surface area contributed by atoms with Gasteiger partial charge in [0.1, 0.15) is 5.82 Å². The number of rotatable bonds is 8. The Morgan fingerprint density at radius 2 is 2.00 bits per heavy atom. The molecule has 0 amide bonds. The van der Waals surface area contributed by atoms with E-state index in [1.54, 1.807) is 0 Å². The predicted molar refractivity (Wildman–Crippen MR) is 80.9 cm³/mol. The van der Waals surface area contributed by atoms with E-state index in [2.05, 4.69) is 17.0 Å². The van der Waals surface area contributed by atoms with E-state index in [0.717, 1.165) is 31.9 Å². The second-order valence-electron chi connectivity index (χ2n) is 5.71. The molecule has 1 aliphatic carbocycles. The summed E-state index contributed by atoms with van der Waals surface area (Å²) >= 11 is 0. The fourth-order valence-corrected chi connectivity index (χ4v) is 3.75. The average Bonchev–Trinajstić information content (AvgIpc) is 3.25. The van der Waals surface area contributed by atoms with Gasteiger partial charge in [0.2, 0.25) is 10.0 Å². The highest BCUT2D eigenvalue weighted by Crippen LogP contribution is 2.48. The molecule has 1 aromatic rings. The van der Waals surface area contributed by atoms with Crippen molar-refractivity contribution in [1.29, 1.82) is 0 Å². The molecule has 1 fully saturated rings. The maximum Gasteiger partial charge on any atom is 0.241 e. The molecule has 0 aromatic heterocycles. The topological polar surface area (TPSA) is 58.2 Å². The van der Waals surface area contributed by atoms with Gasteiger partial charge in [-0.25, -0.2) is 17.5 Å². The van der Waals surface area contributed by atoms with Gasteiger partial charge >= 0.3 is 0 Å². The zero-order valence-electron chi connectivity index (χ0n) is 12.6. The van der Waals surface area contributed by atoms with Gasteiger partial charge < -0.3 is 5.32 Å². The first kappa shape index (κ1) is 16.4. The number of hydrogen-bond acceptors (Lipinski definition) is 3. The van der Waals surface area contributed by atoms with Gasteiger partial charge in [-0.1, -0.05) is 19.9 Å². The Balaban J connectivity index is 2.19. The first-order valence-corrected chi connectivity index (χ1v) is 8.89. The highest BCUT2D eigenvalue weighted by Gasteiger charge is 2.41. The van der Waals surface area contributed by atoms with Crippen molar-refractivity contribution in [3.05, 3.63) is 29.6 Å². The van der Waals surface area contributed by atoms with E-state index in [0.29, 0.717) is 18.7 Å². The molecule has 0 aliphatic heterocycles. The Bertz CT molecular complexity index is 598. The van der Waals surface area contributed by atoms with E-state index in [-0.39, 0.29) is 10.3 Å². The minimum atomic E-state index is -3.68. The summed E-state index contributed by atoms with van der Waals surface area (Å²) in [5, 5.41) is 3.08. The second-order valence-corrected chi connectivity index (χ2v) is 7.45. The van der Waals surface area contributed by atoms with Crippen LogP contribution in [0.3, 0.4) is 0 Å². The van der Waals surface area contributed by atoms with Crippen LogP contribution in [0.4, 0.5) is 4.39 Å². The lowest BCUT2D eigenvalue weighted by atomic mass is 10.1. The number of benzene rings is 1. The standard InChI is InChI=1S/C15H23FN2O2S/c1-3-15(7-8-15)11-18-21(19,20)14-9-13(16)6-5-12(14)10-17-4-2/h5-6,9,17-18H,3-4,7-8,10-11H2,1-2H3. The molecule has 1 saturated carbocycles. The van der Waals surface area contributed by atoms with Crippen LogP contribution in [0.15, 0.2) is 23.1 Å². The minimum Gasteiger partial charge on any atom is -0.313 e. The molecule has 4 nitrogen and oxygen atoms in total. The zero-order chi connectivity index (χ0) is 15.5. The predicted octanol–water partition coefficient (Wildman–Crippen LogP) is 2.40. The molecule has 0 unspecified atom stereocenters. The Morgan fingerprint density at radius 1 is 1.29 bits per heavy atom. The number of halogens is 1. The molecule has 0 heterocycles. The fourth-order valence-electron chi connectivity index (χ4n) is 2.34. The largest absolute Gasteiger partial charge is 0.313 e. The third-order valence-corrected chi connectivity index (χ3v) is 5.71. The molecule has 2 N–H and O–H groups in total. The number of nitrogens with one attached hydrogen (secondary N) is 2. The zero-order valence-corrected chi connectivity index (χ0v) is 13.4. The van der Waals surface area contributed by atoms with E-state index >= 15 is 0 Å². The minimum absolute atomic E-state index is 0.0374. The SMILES string of the molecule is CCNCc1ccc(F)cc1S(=O)(=O)NCC1(CC)CC1. The molecule has 1 aromatic carbocycles. The fraction of sp³-hybridized carbons (Fsp3) is 0.600. The van der Waals surface area contributed by atoms with Crippen molar-refractivity contribution >= 4 is 10.0 Å². The van der Waals surface area contributed by atoms with Crippen molar-refractivity contribution in [1.82, 2.24) is 10.0 Å². The van der Waals surface area contributed by atoms with Gasteiger partial charge in [-0.2, -0.15) is 0 Å². The lowest BCUT2D eigenvalue weighted by molar-refractivity contribution is 0.475. The van der Waals surface area contributed by atoms with Crippen molar-refractivity contribution in [2.24, 2.45) is 5.41 Å². The maximum atomic E-state index is 13.4. The Morgan fingerprint density at radius 3 is 2.57 bits per heavy atom. The highest BCUT2D eigenvalue weighted by molar-refractivity contribution is 7.89. The van der Waals surface area contributed by atoms with Gasteiger partial charge in [0.25, 0.3) is 0 Å². The summed E-state index contributed by atoms with van der Waals surface area (Å²) in [5.41, 5.74) is 0.703. The molecule has 2 rings (SSSR count). The highest BCUT2D eigenvalue weighted by atomic mass is 32.2. The van der Waals surface area contributed by atoms with Crippen molar-refractivity contribution in [2.75, 3.05) is 13.1 Å². The lowest BCUT2D eigenvalue weighted by Crippen LogP contribution is -2.31. The van der Waals surface area contributed by atoms with Crippen LogP contribution in [0.25, 0.3) is 0 Å². The number of sulfonamides is 1. The van der Waals surface area contributed by atoms with Crippen LogP contribution in [-0.2, 0) is 16.6 Å². The van der Waals surface area contributed by atoms with E-state index in [4.69, 9.17) is 0 Å². The molecule has 0 spiro atoms. The lowest BCUT2D eigenvalue weighted by Gasteiger charge is -2.16. The normalized spacial score (nSPS) is 16.9. The Kier molecular flexibility index (Phi) is 5.01. The summed E-state index contributed by atoms with van der Waals surface area (Å²) in [7, 11) is -3.68. The van der Waals surface area contributed by atoms with Crippen LogP contribution in [0, 0.1) is 11.2 Å². The van der Waals surface area contributed by atoms with Crippen LogP contribution in [-0.4, -0.2) is 21.5 Å². The smallest absolute Gasteiger partial charge is 0.241 e. The summed E-state index contributed by atoms with van der Waals surface area (Å²) in [6, 6.07) is 3.92. The van der Waals surface area contributed by atoms with Crippen molar-refractivity contribution < 1.29 is 12.8 Å². The molecule has 0 radical (unpaired) electrons. The molecule has 6 heteroatoms. The Labute approximate surface area is 126 Å². The van der Waals surface area contributed by atoms with Crippen LogP contribution < -0.4 is 10.0 Å². The van der Waals surface area contributed by atoms with Gasteiger partial charge in [0.15, 0.2) is 0 Å². The van der Waals surface area contributed by atoms with Gasteiger partial charge in [0.05, 0.1) is 4.90 Å². The van der Waals surface area contributed by atoms with Gasteiger partial charge in [-0.05, 0) is 48.9 Å². The van der Waals surface area contributed by atoms with Crippen molar-refractivity contribution in [3.8, 4) is 0 Å². The quantitative estimate of drug-likeness (QED) is 0.775. The summed E-state index contributed by atoms with van der Waals surface area (Å²) < 4.78 is 41.0. The van der Waals surface area contributed by atoms with Crippen LogP contribution >= 0.6 is 0 Å². The maximum absolute atomic E-state index is 13.4. The molecule has 118 valence electrons. The van der Waals surface area contributed by atoms with E-state index in [9.17, 15) is 12.8 Å². The van der Waals surface area contributed by atoms with Crippen molar-refractivity contribution in [3.63, 3.8) is 0 Å². The third-order valence-electron chi connectivity index (χ3n) is 4.23. The monoisotopic (exact) mass is 314 g/mol. The first-order valence-electron chi connectivity index (χ1n) is 7.41. The van der Waals surface area contributed by atoms with Crippen molar-refractivity contribution in [2.45, 2.75) is 44.6 Å². The molecule has 0 saturated heterocycles. The molecule has 21 heavy (non-hydrogen) atoms. The van der Waals surface area contributed by atoms with Crippen LogP contribution in [0.1, 0.15) is 38.7 Å². The summed E-state index contributed by atoms with van der Waals surface area (Å²) in [4.78, 5) is 0.0374. The Hall–Kier alpha value is -0.980. The molecule has 0 bridgehead atoms. The van der Waals surface area contributed by atoms with E-state index in [1.165, 1.54) is 12.1 Å². The molecular formula is C15H23FN2O2S. The number of hydrogen-bond donors (Lipinski definition) is 2. The van der Waals surface area contributed by atoms with Gasteiger partial charge in [0, 0.05) is 13.1 Å². The van der Waals surface area contributed by atoms with Gasteiger partial charge in [-0.15, -0.1) is 0 Å². The van der Waals surface area contributed by atoms with Crippen LogP contribution in [0.2, 0.25) is 0 Å². The summed E-state index contributed by atoms with van der Waals surface area (Å²) in [6.07, 6.45) is 3.07. The summed E-state index contributed by atoms with van der Waals surface area (Å²) in [5.74, 6) is -0.535. The third kappa shape index (κ3) is 4.02. The van der Waals surface area contributed by atoms with Crippen LogP contribution in [0.5, 0.6) is 0 Å². The first-order chi connectivity index (χ1) is 9.92. The molecular weight excluding hydrogens is 291 g/mol. The van der Waals surface area contributed by atoms with E-state index < -0.39 is 15.8 Å². The second kappa shape index (κ2) is 6.42. The average molecular weight is 314 g/mol. The van der Waals surface area contributed by atoms with Gasteiger partial charge in [-0.3, -0.25) is 0 Å².